The number of ether oxygens (including phenoxy) is 3. The van der Waals surface area contributed by atoms with Gasteiger partial charge >= 0.3 is 0 Å². The monoisotopic (exact) mass is 406 g/mol. The van der Waals surface area contributed by atoms with Crippen LogP contribution in [0.1, 0.15) is 6.92 Å². The van der Waals surface area contributed by atoms with Crippen molar-refractivity contribution in [2.75, 3.05) is 45.8 Å². The number of hydrogen-bond donors (Lipinski definition) is 0. The number of para-hydroxylation sites is 2. The lowest BCUT2D eigenvalue weighted by atomic mass is 10.2. The molecule has 0 fully saturated rings. The van der Waals surface area contributed by atoms with Crippen molar-refractivity contribution in [3.8, 4) is 17.2 Å². The van der Waals surface area contributed by atoms with Crippen LogP contribution in [0.4, 0.5) is 5.69 Å². The van der Waals surface area contributed by atoms with Crippen LogP contribution in [0.3, 0.4) is 0 Å². The van der Waals surface area contributed by atoms with Crippen LogP contribution in [-0.2, 0) is 10.0 Å². The van der Waals surface area contributed by atoms with Crippen LogP contribution >= 0.6 is 0 Å². The third-order valence-electron chi connectivity index (χ3n) is 4.83. The quantitative estimate of drug-likeness (QED) is 0.704. The first-order chi connectivity index (χ1) is 13.4. The molecule has 0 N–H and O–H groups in total. The molecule has 7 nitrogen and oxygen atoms in total. The van der Waals surface area contributed by atoms with E-state index in [1.54, 1.807) is 19.2 Å². The molecule has 1 atom stereocenters. The molecule has 28 heavy (non-hydrogen) atoms. The number of benzene rings is 2. The molecule has 3 rings (SSSR count). The number of likely N-dealkylation sites (N-methyl/N-ethyl adjacent to an activating group) is 2. The Kier molecular flexibility index (Phi) is 6.00. The van der Waals surface area contributed by atoms with Gasteiger partial charge in [-0.1, -0.05) is 12.1 Å². The predicted molar refractivity (Wildman–Crippen MR) is 108 cm³/mol. The molecule has 152 valence electrons. The van der Waals surface area contributed by atoms with Gasteiger partial charge in [0.25, 0.3) is 0 Å². The topological polar surface area (TPSA) is 68.3 Å². The van der Waals surface area contributed by atoms with Crippen molar-refractivity contribution >= 4 is 15.7 Å². The summed E-state index contributed by atoms with van der Waals surface area (Å²) >= 11 is 0. The van der Waals surface area contributed by atoms with Gasteiger partial charge in [-0.15, -0.1) is 0 Å². The fourth-order valence-corrected chi connectivity index (χ4v) is 4.68. The van der Waals surface area contributed by atoms with Gasteiger partial charge in [-0.05, 0) is 31.2 Å². The number of rotatable bonds is 7. The van der Waals surface area contributed by atoms with Crippen molar-refractivity contribution in [1.29, 1.82) is 0 Å². The van der Waals surface area contributed by atoms with Crippen molar-refractivity contribution < 1.29 is 22.6 Å². The van der Waals surface area contributed by atoms with Gasteiger partial charge in [0.15, 0.2) is 0 Å². The maximum Gasteiger partial charge on any atom is 0.246 e. The number of hydrogen-bond acceptors (Lipinski definition) is 6. The largest absolute Gasteiger partial charge is 0.497 e. The number of anilines is 1. The van der Waals surface area contributed by atoms with Crippen LogP contribution in [0.15, 0.2) is 47.4 Å². The van der Waals surface area contributed by atoms with Gasteiger partial charge in [0, 0.05) is 19.7 Å². The summed E-state index contributed by atoms with van der Waals surface area (Å²) < 4.78 is 44.1. The number of sulfonamides is 1. The zero-order valence-corrected chi connectivity index (χ0v) is 17.4. The lowest BCUT2D eigenvalue weighted by Crippen LogP contribution is -2.46. The average Bonchev–Trinajstić information content (AvgIpc) is 2.72. The van der Waals surface area contributed by atoms with Crippen LogP contribution in [0, 0.1) is 0 Å². The van der Waals surface area contributed by atoms with Crippen LogP contribution in [0.2, 0.25) is 0 Å². The van der Waals surface area contributed by atoms with E-state index in [1.165, 1.54) is 24.6 Å². The average molecular weight is 407 g/mol. The van der Waals surface area contributed by atoms with E-state index in [0.717, 1.165) is 18.0 Å². The summed E-state index contributed by atoms with van der Waals surface area (Å²) in [6.45, 7) is 3.72. The molecule has 0 radical (unpaired) electrons. The smallest absolute Gasteiger partial charge is 0.246 e. The maximum atomic E-state index is 13.2. The molecule has 0 spiro atoms. The Morgan fingerprint density at radius 3 is 2.61 bits per heavy atom. The molecular formula is C20H26N2O5S. The van der Waals surface area contributed by atoms with E-state index in [2.05, 4.69) is 11.8 Å². The van der Waals surface area contributed by atoms with Crippen LogP contribution in [-0.4, -0.2) is 59.7 Å². The van der Waals surface area contributed by atoms with Crippen LogP contribution < -0.4 is 19.1 Å². The van der Waals surface area contributed by atoms with Gasteiger partial charge in [-0.3, -0.25) is 0 Å². The molecule has 2 aromatic carbocycles. The molecule has 0 aliphatic carbocycles. The van der Waals surface area contributed by atoms with E-state index < -0.39 is 10.0 Å². The number of fused-ring (bicyclic) bond motifs is 1. The van der Waals surface area contributed by atoms with Crippen molar-refractivity contribution in [2.24, 2.45) is 0 Å². The second-order valence-corrected chi connectivity index (χ2v) is 8.56. The Morgan fingerprint density at radius 2 is 1.93 bits per heavy atom. The van der Waals surface area contributed by atoms with Gasteiger partial charge in [0.2, 0.25) is 10.0 Å². The summed E-state index contributed by atoms with van der Waals surface area (Å²) in [6.07, 6.45) is -0.286. The molecule has 0 amide bonds. The second kappa shape index (κ2) is 8.28. The highest BCUT2D eigenvalue weighted by Crippen LogP contribution is 2.34. The molecule has 1 aliphatic heterocycles. The lowest BCUT2D eigenvalue weighted by Gasteiger charge is -2.37. The minimum atomic E-state index is -3.79. The summed E-state index contributed by atoms with van der Waals surface area (Å²) in [5.41, 5.74) is 1.03. The van der Waals surface area contributed by atoms with Gasteiger partial charge < -0.3 is 19.1 Å². The second-order valence-electron chi connectivity index (χ2n) is 6.55. The Balaban J connectivity index is 1.84. The summed E-state index contributed by atoms with van der Waals surface area (Å²) in [6, 6.07) is 12.5. The van der Waals surface area contributed by atoms with E-state index in [4.69, 9.17) is 14.2 Å². The Labute approximate surface area is 166 Å². The third-order valence-corrected chi connectivity index (χ3v) is 6.67. The summed E-state index contributed by atoms with van der Waals surface area (Å²) in [5.74, 6) is 1.50. The predicted octanol–water partition coefficient (Wildman–Crippen LogP) is 2.61. The molecule has 0 saturated heterocycles. The van der Waals surface area contributed by atoms with Crippen molar-refractivity contribution in [1.82, 2.24) is 4.31 Å². The molecule has 0 bridgehead atoms. The molecule has 0 aromatic heterocycles. The minimum absolute atomic E-state index is 0.0698. The fraction of sp³-hybridized carbons (Fsp3) is 0.400. The van der Waals surface area contributed by atoms with Gasteiger partial charge in [0.1, 0.15) is 28.2 Å². The molecule has 2 aromatic rings. The third kappa shape index (κ3) is 3.88. The van der Waals surface area contributed by atoms with Crippen molar-refractivity contribution in [3.63, 3.8) is 0 Å². The number of methoxy groups -OCH3 is 2. The number of nitrogens with zero attached hydrogens (tertiary/aromatic N) is 2. The summed E-state index contributed by atoms with van der Waals surface area (Å²) in [5, 5.41) is 0. The lowest BCUT2D eigenvalue weighted by molar-refractivity contribution is 0.171. The zero-order valence-electron chi connectivity index (χ0n) is 16.6. The first-order valence-electron chi connectivity index (χ1n) is 9.09. The fourth-order valence-electron chi connectivity index (χ4n) is 3.31. The van der Waals surface area contributed by atoms with Crippen LogP contribution in [0.25, 0.3) is 0 Å². The van der Waals surface area contributed by atoms with E-state index in [1.807, 2.05) is 24.3 Å². The van der Waals surface area contributed by atoms with E-state index in [-0.39, 0.29) is 23.3 Å². The SMILES string of the molecule is CCN1C[C@H](CN(C)S(=O)(=O)c2cc(OC)ccc2OC)Oc2ccccc21. The minimum Gasteiger partial charge on any atom is -0.497 e. The Bertz CT molecular complexity index is 932. The van der Waals surface area contributed by atoms with Gasteiger partial charge in [-0.2, -0.15) is 4.31 Å². The Hall–Kier alpha value is -2.45. The normalized spacial score (nSPS) is 16.5. The highest BCUT2D eigenvalue weighted by molar-refractivity contribution is 7.89. The highest BCUT2D eigenvalue weighted by atomic mass is 32.2. The Morgan fingerprint density at radius 1 is 1.18 bits per heavy atom. The van der Waals surface area contributed by atoms with Gasteiger partial charge in [0.05, 0.1) is 33.0 Å². The standard InChI is InChI=1S/C20H26N2O5S/c1-5-22-14-16(27-18-9-7-6-8-17(18)22)13-21(2)28(23,24)20-12-15(25-3)10-11-19(20)26-4/h6-12,16H,5,13-14H2,1-4H3/t16-/m0/s1. The molecule has 8 heteroatoms. The van der Waals surface area contributed by atoms with Crippen LogP contribution in [0.5, 0.6) is 17.2 Å². The van der Waals surface area contributed by atoms with Gasteiger partial charge in [-0.25, -0.2) is 8.42 Å². The zero-order chi connectivity index (χ0) is 20.3. The molecule has 0 saturated carbocycles. The molecule has 1 heterocycles. The summed E-state index contributed by atoms with van der Waals surface area (Å²) in [7, 11) is 0.705. The van der Waals surface area contributed by atoms with Crippen molar-refractivity contribution in [2.45, 2.75) is 17.9 Å². The highest BCUT2D eigenvalue weighted by Gasteiger charge is 2.31. The molecule has 1 aliphatic rings. The first kappa shape index (κ1) is 20.3. The maximum absolute atomic E-state index is 13.2. The first-order valence-corrected chi connectivity index (χ1v) is 10.5. The van der Waals surface area contributed by atoms with E-state index in [0.29, 0.717) is 12.3 Å². The van der Waals surface area contributed by atoms with E-state index in [9.17, 15) is 8.42 Å². The molecule has 0 unspecified atom stereocenters. The van der Waals surface area contributed by atoms with Crippen molar-refractivity contribution in [3.05, 3.63) is 42.5 Å². The molecular weight excluding hydrogens is 380 g/mol. The summed E-state index contributed by atoms with van der Waals surface area (Å²) in [4.78, 5) is 2.26. The van der Waals surface area contributed by atoms with E-state index >= 15 is 0 Å².